The Kier molecular flexibility index (Phi) is 4.21. The number of halogens is 3. The molecule has 0 atom stereocenters. The fourth-order valence-corrected chi connectivity index (χ4v) is 2.62. The third kappa shape index (κ3) is 3.54. The van der Waals surface area contributed by atoms with E-state index >= 15 is 0 Å². The second kappa shape index (κ2) is 5.71. The van der Waals surface area contributed by atoms with Crippen molar-refractivity contribution < 1.29 is 18.3 Å². The van der Waals surface area contributed by atoms with Crippen LogP contribution in [0.25, 0.3) is 0 Å². The molecule has 0 radical (unpaired) electrons. The molecule has 0 aliphatic carbocycles. The van der Waals surface area contributed by atoms with E-state index in [0.29, 0.717) is 17.1 Å². The van der Waals surface area contributed by atoms with E-state index in [-0.39, 0.29) is 18.6 Å². The molecule has 6 heteroatoms. The summed E-state index contributed by atoms with van der Waals surface area (Å²) in [6, 6.07) is 5.52. The van der Waals surface area contributed by atoms with Crippen molar-refractivity contribution in [1.82, 2.24) is 4.98 Å². The Bertz CT molecular complexity index is 551. The number of hydrogen-bond donors (Lipinski definition) is 1. The topological polar surface area (TPSA) is 33.1 Å². The van der Waals surface area contributed by atoms with E-state index in [2.05, 4.69) is 4.98 Å². The minimum absolute atomic E-state index is 0.0116. The van der Waals surface area contributed by atoms with Crippen LogP contribution in [-0.4, -0.2) is 16.7 Å². The number of nitrogens with zero attached hydrogens (tertiary/aromatic N) is 1. The smallest absolute Gasteiger partial charge is 0.396 e. The molecule has 102 valence electrons. The molecule has 1 N–H and O–H groups in total. The quantitative estimate of drug-likeness (QED) is 0.936. The van der Waals surface area contributed by atoms with Gasteiger partial charge in [-0.25, -0.2) is 4.98 Å². The molecule has 0 saturated heterocycles. The van der Waals surface area contributed by atoms with Crippen molar-refractivity contribution >= 4 is 11.3 Å². The Morgan fingerprint density at radius 1 is 1.21 bits per heavy atom. The van der Waals surface area contributed by atoms with E-state index in [0.717, 1.165) is 6.07 Å². The molecule has 1 aromatic carbocycles. The van der Waals surface area contributed by atoms with Crippen molar-refractivity contribution in [2.75, 3.05) is 6.61 Å². The predicted molar refractivity (Wildman–Crippen MR) is 67.2 cm³/mol. The molecule has 2 nitrogen and oxygen atoms in total. The number of hydrogen-bond acceptors (Lipinski definition) is 3. The van der Waals surface area contributed by atoms with Gasteiger partial charge in [-0.2, -0.15) is 13.2 Å². The number of alkyl halides is 3. The largest absolute Gasteiger partial charge is 0.416 e. The summed E-state index contributed by atoms with van der Waals surface area (Å²) in [5.41, 5.74) is 0.320. The van der Waals surface area contributed by atoms with Crippen LogP contribution in [0.1, 0.15) is 21.8 Å². The van der Waals surface area contributed by atoms with Crippen LogP contribution < -0.4 is 0 Å². The van der Waals surface area contributed by atoms with Crippen LogP contribution in [0, 0.1) is 0 Å². The molecule has 19 heavy (non-hydrogen) atoms. The Morgan fingerprint density at radius 2 is 1.95 bits per heavy atom. The van der Waals surface area contributed by atoms with Gasteiger partial charge in [0.05, 0.1) is 16.3 Å². The number of aliphatic hydroxyl groups is 1. The predicted octanol–water partition coefficient (Wildman–Crippen LogP) is 3.29. The summed E-state index contributed by atoms with van der Waals surface area (Å²) in [7, 11) is 0. The zero-order valence-corrected chi connectivity index (χ0v) is 10.8. The van der Waals surface area contributed by atoms with Gasteiger partial charge in [0.25, 0.3) is 0 Å². The van der Waals surface area contributed by atoms with Crippen LogP contribution in [0.5, 0.6) is 0 Å². The first-order chi connectivity index (χ1) is 9.00. The molecule has 0 bridgehead atoms. The summed E-state index contributed by atoms with van der Waals surface area (Å²) in [5.74, 6) is 0. The number of aliphatic hydroxyl groups excluding tert-OH is 1. The van der Waals surface area contributed by atoms with Crippen LogP contribution in [-0.2, 0) is 19.0 Å². The van der Waals surface area contributed by atoms with Gasteiger partial charge in [-0.3, -0.25) is 0 Å². The maximum absolute atomic E-state index is 12.8. The molecule has 0 unspecified atom stereocenters. The average molecular weight is 287 g/mol. The van der Waals surface area contributed by atoms with Crippen LogP contribution >= 0.6 is 11.3 Å². The maximum Gasteiger partial charge on any atom is 0.416 e. The fraction of sp³-hybridized carbons (Fsp3) is 0.308. The van der Waals surface area contributed by atoms with Crippen molar-refractivity contribution in [2.45, 2.75) is 19.0 Å². The van der Waals surface area contributed by atoms with Crippen molar-refractivity contribution in [2.24, 2.45) is 0 Å². The molecule has 2 rings (SSSR count). The lowest BCUT2D eigenvalue weighted by molar-refractivity contribution is -0.138. The molecule has 0 fully saturated rings. The molecule has 0 spiro atoms. The zero-order chi connectivity index (χ0) is 13.9. The average Bonchev–Trinajstić information content (AvgIpc) is 2.76. The monoisotopic (exact) mass is 287 g/mol. The van der Waals surface area contributed by atoms with Gasteiger partial charge >= 0.3 is 6.18 Å². The SMILES string of the molecule is OCCc1csc(Cc2ccccc2C(F)(F)F)n1. The Labute approximate surface area is 112 Å². The highest BCUT2D eigenvalue weighted by atomic mass is 32.1. The Hall–Kier alpha value is -1.40. The first-order valence-electron chi connectivity index (χ1n) is 5.70. The van der Waals surface area contributed by atoms with Gasteiger partial charge in [0.15, 0.2) is 0 Å². The summed E-state index contributed by atoms with van der Waals surface area (Å²) >= 11 is 1.31. The van der Waals surface area contributed by atoms with E-state index in [4.69, 9.17) is 5.11 Å². The van der Waals surface area contributed by atoms with Gasteiger partial charge in [-0.1, -0.05) is 18.2 Å². The molecule has 0 amide bonds. The lowest BCUT2D eigenvalue weighted by atomic mass is 10.0. The third-order valence-corrected chi connectivity index (χ3v) is 3.53. The summed E-state index contributed by atoms with van der Waals surface area (Å²) in [6.45, 7) is -0.0116. The van der Waals surface area contributed by atoms with Crippen LogP contribution in [0.3, 0.4) is 0 Å². The van der Waals surface area contributed by atoms with E-state index in [9.17, 15) is 13.2 Å². The summed E-state index contributed by atoms with van der Waals surface area (Å²) in [4.78, 5) is 4.21. The second-order valence-corrected chi connectivity index (χ2v) is 4.98. The molecular weight excluding hydrogens is 275 g/mol. The molecular formula is C13H12F3NOS. The van der Waals surface area contributed by atoms with E-state index < -0.39 is 11.7 Å². The highest BCUT2D eigenvalue weighted by Crippen LogP contribution is 2.33. The lowest BCUT2D eigenvalue weighted by Crippen LogP contribution is -2.09. The van der Waals surface area contributed by atoms with Crippen molar-refractivity contribution in [3.8, 4) is 0 Å². The highest BCUT2D eigenvalue weighted by Gasteiger charge is 2.32. The Morgan fingerprint density at radius 3 is 2.63 bits per heavy atom. The number of benzene rings is 1. The van der Waals surface area contributed by atoms with Crippen molar-refractivity contribution in [1.29, 1.82) is 0 Å². The molecule has 0 aliphatic rings. The standard InChI is InChI=1S/C13H12F3NOS/c14-13(15,16)11-4-2-1-3-9(11)7-12-17-10(5-6-18)8-19-12/h1-4,8,18H,5-7H2. The van der Waals surface area contributed by atoms with E-state index in [1.165, 1.54) is 23.5 Å². The van der Waals surface area contributed by atoms with Gasteiger partial charge in [0.1, 0.15) is 0 Å². The molecule has 2 aromatic rings. The minimum atomic E-state index is -4.35. The highest BCUT2D eigenvalue weighted by molar-refractivity contribution is 7.09. The second-order valence-electron chi connectivity index (χ2n) is 4.04. The van der Waals surface area contributed by atoms with Gasteiger partial charge in [0.2, 0.25) is 0 Å². The number of aromatic nitrogens is 1. The van der Waals surface area contributed by atoms with E-state index in [1.807, 2.05) is 0 Å². The van der Waals surface area contributed by atoms with Gasteiger partial charge in [-0.05, 0) is 11.6 Å². The summed E-state index contributed by atoms with van der Waals surface area (Å²) in [6.07, 6.45) is -3.76. The fourth-order valence-electron chi connectivity index (χ4n) is 1.77. The van der Waals surface area contributed by atoms with Crippen molar-refractivity contribution in [3.05, 3.63) is 51.5 Å². The number of thiazole rings is 1. The van der Waals surface area contributed by atoms with Crippen LogP contribution in [0.15, 0.2) is 29.6 Å². The van der Waals surface area contributed by atoms with Crippen LogP contribution in [0.4, 0.5) is 13.2 Å². The third-order valence-electron chi connectivity index (χ3n) is 2.63. The van der Waals surface area contributed by atoms with Gasteiger partial charge in [-0.15, -0.1) is 11.3 Å². The summed E-state index contributed by atoms with van der Waals surface area (Å²) in [5, 5.41) is 11.2. The lowest BCUT2D eigenvalue weighted by Gasteiger charge is -2.11. The molecule has 0 saturated carbocycles. The molecule has 1 aromatic heterocycles. The first-order valence-corrected chi connectivity index (χ1v) is 6.58. The minimum Gasteiger partial charge on any atom is -0.396 e. The van der Waals surface area contributed by atoms with E-state index in [1.54, 1.807) is 11.4 Å². The zero-order valence-electron chi connectivity index (χ0n) is 9.94. The summed E-state index contributed by atoms with van der Waals surface area (Å²) < 4.78 is 38.5. The normalized spacial score (nSPS) is 11.8. The first kappa shape index (κ1) is 14.0. The van der Waals surface area contributed by atoms with Gasteiger partial charge < -0.3 is 5.11 Å². The molecule has 1 heterocycles. The van der Waals surface area contributed by atoms with Crippen molar-refractivity contribution in [3.63, 3.8) is 0 Å². The van der Waals surface area contributed by atoms with Crippen LogP contribution in [0.2, 0.25) is 0 Å². The molecule has 0 aliphatic heterocycles. The number of rotatable bonds is 4. The Balaban J connectivity index is 2.23. The van der Waals surface area contributed by atoms with Gasteiger partial charge in [0, 0.05) is 24.8 Å². The maximum atomic E-state index is 12.8.